The summed E-state index contributed by atoms with van der Waals surface area (Å²) in [6, 6.07) is -0.774. The fourth-order valence-electron chi connectivity index (χ4n) is 6.29. The number of amides is 1. The van der Waals surface area contributed by atoms with Gasteiger partial charge >= 0.3 is 0 Å². The molecule has 53 heavy (non-hydrogen) atoms. The number of allylic oxidation sites excluding steroid dienone is 9. The fraction of sp³-hybridized carbons (Fsp3) is 0.750. The van der Waals surface area contributed by atoms with Gasteiger partial charge in [0.25, 0.3) is 0 Å². The van der Waals surface area contributed by atoms with Gasteiger partial charge in [0, 0.05) is 6.42 Å². The lowest BCUT2D eigenvalue weighted by Crippen LogP contribution is -2.60. The Morgan fingerprint density at radius 1 is 0.642 bits per heavy atom. The lowest BCUT2D eigenvalue weighted by Gasteiger charge is -2.40. The first-order valence-corrected chi connectivity index (χ1v) is 21.0. The van der Waals surface area contributed by atoms with Gasteiger partial charge < -0.3 is 40.3 Å². The van der Waals surface area contributed by atoms with Crippen molar-refractivity contribution in [1.29, 1.82) is 0 Å². The number of aliphatic hydroxyl groups is 5. The summed E-state index contributed by atoms with van der Waals surface area (Å²) in [7, 11) is 0. The van der Waals surface area contributed by atoms with Crippen molar-refractivity contribution in [1.82, 2.24) is 5.32 Å². The zero-order chi connectivity index (χ0) is 38.8. The molecule has 7 unspecified atom stereocenters. The van der Waals surface area contributed by atoms with Gasteiger partial charge in [0.15, 0.2) is 6.29 Å². The molecule has 0 aromatic carbocycles. The van der Waals surface area contributed by atoms with E-state index in [4.69, 9.17) is 9.47 Å². The third-order valence-corrected chi connectivity index (χ3v) is 9.66. The second kappa shape index (κ2) is 34.4. The highest BCUT2D eigenvalue weighted by Crippen LogP contribution is 2.23. The van der Waals surface area contributed by atoms with Gasteiger partial charge in [0.2, 0.25) is 5.91 Å². The van der Waals surface area contributed by atoms with Crippen LogP contribution in [0.1, 0.15) is 155 Å². The van der Waals surface area contributed by atoms with Gasteiger partial charge in [-0.15, -0.1) is 0 Å². The van der Waals surface area contributed by atoms with Crippen LogP contribution in [0.3, 0.4) is 0 Å². The first kappa shape index (κ1) is 48.9. The van der Waals surface area contributed by atoms with Crippen molar-refractivity contribution in [2.24, 2.45) is 0 Å². The van der Waals surface area contributed by atoms with Gasteiger partial charge in [-0.05, 0) is 38.5 Å². The van der Waals surface area contributed by atoms with Crippen LogP contribution in [0.4, 0.5) is 0 Å². The second-order valence-electron chi connectivity index (χ2n) is 14.4. The summed E-state index contributed by atoms with van der Waals surface area (Å²) in [4.78, 5) is 12.9. The Bertz CT molecular complexity index is 1010. The van der Waals surface area contributed by atoms with Crippen molar-refractivity contribution >= 4 is 5.91 Å². The van der Waals surface area contributed by atoms with Gasteiger partial charge in [0.1, 0.15) is 24.4 Å². The van der Waals surface area contributed by atoms with Crippen molar-refractivity contribution in [3.05, 3.63) is 60.8 Å². The van der Waals surface area contributed by atoms with Crippen molar-refractivity contribution in [3.63, 3.8) is 0 Å². The summed E-state index contributed by atoms with van der Waals surface area (Å²) >= 11 is 0. The van der Waals surface area contributed by atoms with Gasteiger partial charge in [-0.2, -0.15) is 0 Å². The number of aliphatic hydroxyl groups excluding tert-OH is 5. The molecule has 0 aliphatic carbocycles. The number of nitrogens with one attached hydrogen (secondary N) is 1. The Kier molecular flexibility index (Phi) is 31.7. The normalized spacial score (nSPS) is 22.3. The molecule has 9 heteroatoms. The predicted molar refractivity (Wildman–Crippen MR) is 216 cm³/mol. The van der Waals surface area contributed by atoms with E-state index in [9.17, 15) is 30.3 Å². The Labute approximate surface area is 322 Å². The zero-order valence-electron chi connectivity index (χ0n) is 33.2. The highest BCUT2D eigenvalue weighted by atomic mass is 16.7. The van der Waals surface area contributed by atoms with Gasteiger partial charge in [-0.1, -0.05) is 171 Å². The summed E-state index contributed by atoms with van der Waals surface area (Å²) in [6.45, 7) is 3.64. The van der Waals surface area contributed by atoms with Crippen LogP contribution in [0.5, 0.6) is 0 Å². The molecule has 0 bridgehead atoms. The van der Waals surface area contributed by atoms with Gasteiger partial charge in [-0.25, -0.2) is 0 Å². The van der Waals surface area contributed by atoms with Crippen LogP contribution in [-0.4, -0.2) is 87.5 Å². The number of carbonyl (C=O) groups is 1. The van der Waals surface area contributed by atoms with Crippen molar-refractivity contribution in [2.45, 2.75) is 198 Å². The molecule has 1 rings (SSSR count). The molecule has 1 aliphatic rings. The predicted octanol–water partition coefficient (Wildman–Crippen LogP) is 8.05. The molecule has 0 saturated carbocycles. The van der Waals surface area contributed by atoms with Crippen molar-refractivity contribution in [2.75, 3.05) is 13.2 Å². The molecular formula is C44H77NO8. The second-order valence-corrected chi connectivity index (χ2v) is 14.4. The standard InChI is InChI=1S/C44H77NO8/c1-3-5-7-9-11-13-15-17-19-21-23-25-27-29-31-33-38(47)37(36-52-44-43(51)42(50)41(49)39(35-46)53-44)45-40(48)34-32-30-28-26-24-22-20-18-16-14-12-10-8-6-4-2/h6,8,12,14,18,20,24,26,30,32,37-39,41-44,46-47,49-51H,3-5,7,9-11,13,15-17,19,21-23,25,27-29,31,33-36H2,1-2H3,(H,45,48)/b8-6-,14-12-,20-18-,26-24-,32-30-. The minimum atomic E-state index is -1.57. The van der Waals surface area contributed by atoms with E-state index in [1.807, 2.05) is 6.08 Å². The van der Waals surface area contributed by atoms with Crippen LogP contribution in [-0.2, 0) is 14.3 Å². The average Bonchev–Trinajstić information content (AvgIpc) is 3.16. The van der Waals surface area contributed by atoms with E-state index >= 15 is 0 Å². The molecule has 7 atom stereocenters. The maximum atomic E-state index is 12.9. The van der Waals surface area contributed by atoms with Crippen molar-refractivity contribution < 1.29 is 39.8 Å². The summed E-state index contributed by atoms with van der Waals surface area (Å²) in [5, 5.41) is 54.1. The molecule has 9 nitrogen and oxygen atoms in total. The van der Waals surface area contributed by atoms with E-state index < -0.39 is 49.5 Å². The van der Waals surface area contributed by atoms with Crippen LogP contribution in [0.25, 0.3) is 0 Å². The van der Waals surface area contributed by atoms with E-state index in [2.05, 4.69) is 67.8 Å². The van der Waals surface area contributed by atoms with Crippen LogP contribution >= 0.6 is 0 Å². The molecule has 0 radical (unpaired) electrons. The lowest BCUT2D eigenvalue weighted by atomic mass is 9.99. The van der Waals surface area contributed by atoms with E-state index in [0.29, 0.717) is 12.8 Å². The topological polar surface area (TPSA) is 149 Å². The molecule has 1 heterocycles. The molecule has 0 spiro atoms. The summed E-state index contributed by atoms with van der Waals surface area (Å²) < 4.78 is 11.2. The van der Waals surface area contributed by atoms with E-state index in [1.165, 1.54) is 77.0 Å². The quantitative estimate of drug-likeness (QED) is 0.0292. The maximum absolute atomic E-state index is 12.9. The molecule has 0 aromatic heterocycles. The Morgan fingerprint density at radius 2 is 1.09 bits per heavy atom. The number of rotatable bonds is 33. The van der Waals surface area contributed by atoms with E-state index in [-0.39, 0.29) is 18.9 Å². The third-order valence-electron chi connectivity index (χ3n) is 9.66. The number of ether oxygens (including phenoxy) is 2. The zero-order valence-corrected chi connectivity index (χ0v) is 33.2. The van der Waals surface area contributed by atoms with Crippen LogP contribution in [0, 0.1) is 0 Å². The van der Waals surface area contributed by atoms with Crippen LogP contribution in [0.2, 0.25) is 0 Å². The fourth-order valence-corrected chi connectivity index (χ4v) is 6.29. The third kappa shape index (κ3) is 25.6. The number of carbonyl (C=O) groups excluding carboxylic acids is 1. The average molecular weight is 748 g/mol. The Balaban J connectivity index is 2.46. The number of hydrogen-bond acceptors (Lipinski definition) is 8. The van der Waals surface area contributed by atoms with Crippen LogP contribution in [0.15, 0.2) is 60.8 Å². The molecule has 1 saturated heterocycles. The van der Waals surface area contributed by atoms with Gasteiger partial charge in [-0.3, -0.25) is 4.79 Å². The van der Waals surface area contributed by atoms with Gasteiger partial charge in [0.05, 0.1) is 25.4 Å². The first-order valence-electron chi connectivity index (χ1n) is 21.0. The number of hydrogen-bond donors (Lipinski definition) is 6. The Hall–Kier alpha value is -2.11. The summed E-state index contributed by atoms with van der Waals surface area (Å²) in [5.74, 6) is -0.274. The minimum absolute atomic E-state index is 0.135. The molecule has 306 valence electrons. The molecule has 1 aliphatic heterocycles. The SMILES string of the molecule is CC/C=C\C/C=C\C/C=C\C/C=C\C/C=C\CC(=O)NC(COC1OC(CO)C(O)C(O)C1O)C(O)CCCCCCCCCCCCCCCCC. The summed E-state index contributed by atoms with van der Waals surface area (Å²) in [6.07, 6.45) is 36.8. The minimum Gasteiger partial charge on any atom is -0.394 e. The molecular weight excluding hydrogens is 670 g/mol. The van der Waals surface area contributed by atoms with E-state index in [0.717, 1.165) is 44.9 Å². The van der Waals surface area contributed by atoms with E-state index in [1.54, 1.807) is 6.08 Å². The molecule has 1 fully saturated rings. The largest absolute Gasteiger partial charge is 0.394 e. The Morgan fingerprint density at radius 3 is 1.57 bits per heavy atom. The highest BCUT2D eigenvalue weighted by Gasteiger charge is 2.44. The monoisotopic (exact) mass is 748 g/mol. The highest BCUT2D eigenvalue weighted by molar-refractivity contribution is 5.77. The maximum Gasteiger partial charge on any atom is 0.224 e. The molecule has 0 aromatic rings. The molecule has 6 N–H and O–H groups in total. The van der Waals surface area contributed by atoms with Crippen LogP contribution < -0.4 is 5.32 Å². The summed E-state index contributed by atoms with van der Waals surface area (Å²) in [5.41, 5.74) is 0. The smallest absolute Gasteiger partial charge is 0.224 e. The number of unbranched alkanes of at least 4 members (excludes halogenated alkanes) is 14. The first-order chi connectivity index (χ1) is 25.8. The lowest BCUT2D eigenvalue weighted by molar-refractivity contribution is -0.302. The van der Waals surface area contributed by atoms with Crippen molar-refractivity contribution in [3.8, 4) is 0 Å². The molecule has 1 amide bonds.